The van der Waals surface area contributed by atoms with Crippen LogP contribution in [0.2, 0.25) is 0 Å². The number of benzene rings is 1. The molecule has 0 radical (unpaired) electrons. The number of amides is 1. The van der Waals surface area contributed by atoms with Crippen molar-refractivity contribution >= 4 is 23.0 Å². The van der Waals surface area contributed by atoms with E-state index in [0.29, 0.717) is 12.1 Å². The second-order valence-corrected chi connectivity index (χ2v) is 4.40. The first-order valence-corrected chi connectivity index (χ1v) is 5.90. The maximum absolute atomic E-state index is 13.7. The number of ether oxygens (including phenoxy) is 1. The molecule has 0 bridgehead atoms. The Morgan fingerprint density at radius 3 is 2.08 bits per heavy atom. The van der Waals surface area contributed by atoms with Gasteiger partial charge < -0.3 is 10.1 Å². The summed E-state index contributed by atoms with van der Waals surface area (Å²) < 4.78 is 55.1. The lowest BCUT2D eigenvalue weighted by atomic mass is 10.1. The van der Waals surface area contributed by atoms with Crippen LogP contribution in [0.25, 0.3) is 0 Å². The lowest BCUT2D eigenvalue weighted by Crippen LogP contribution is -2.52. The van der Waals surface area contributed by atoms with E-state index in [0.717, 1.165) is 6.92 Å². The lowest BCUT2D eigenvalue weighted by Gasteiger charge is -2.25. The molecule has 0 spiro atoms. The van der Waals surface area contributed by atoms with Crippen molar-refractivity contribution < 1.29 is 36.9 Å². The van der Waals surface area contributed by atoms with Gasteiger partial charge in [0.25, 0.3) is 17.3 Å². The van der Waals surface area contributed by atoms with Crippen LogP contribution >= 0.6 is 0 Å². The predicted molar refractivity (Wildman–Crippen MR) is 70.0 cm³/mol. The predicted octanol–water partition coefficient (Wildman–Crippen LogP) is 2.62. The third-order valence-corrected chi connectivity index (χ3v) is 2.96. The number of methoxy groups -OCH3 is 1. The number of hydrogen-bond acceptors (Lipinski definition) is 6. The molecule has 1 aromatic rings. The number of non-ortho nitro benzene ring substituents is 1. The van der Waals surface area contributed by atoms with Crippen molar-refractivity contribution in [3.8, 4) is 0 Å². The molecule has 0 aliphatic heterocycles. The van der Waals surface area contributed by atoms with Gasteiger partial charge in [0, 0.05) is 13.2 Å². The molecule has 24 heavy (non-hydrogen) atoms. The van der Waals surface area contributed by atoms with Gasteiger partial charge in [-0.05, 0) is 6.92 Å². The Bertz CT molecular complexity index is 708. The molecule has 13 heteroatoms. The summed E-state index contributed by atoms with van der Waals surface area (Å²) in [5.74, 6) is -7.07. The number of nitro groups is 2. The minimum atomic E-state index is -5.74. The Morgan fingerprint density at radius 2 is 1.71 bits per heavy atom. The summed E-state index contributed by atoms with van der Waals surface area (Å²) in [6.07, 6.45) is -5.74. The SMILES string of the molecule is COC(F)(C(=O)Nc1cc([N+](=O)[O-])cc([N+](=O)[O-])c1C)C(F)(F)F. The minimum Gasteiger partial charge on any atom is -0.335 e. The van der Waals surface area contributed by atoms with Crippen molar-refractivity contribution in [3.63, 3.8) is 0 Å². The van der Waals surface area contributed by atoms with Gasteiger partial charge in [-0.1, -0.05) is 0 Å². The van der Waals surface area contributed by atoms with Crippen LogP contribution in [-0.2, 0) is 9.53 Å². The van der Waals surface area contributed by atoms with E-state index in [2.05, 4.69) is 4.74 Å². The number of hydrogen-bond donors (Lipinski definition) is 1. The first-order valence-electron chi connectivity index (χ1n) is 5.90. The molecule has 9 nitrogen and oxygen atoms in total. The average Bonchev–Trinajstić information content (AvgIpc) is 2.46. The number of carbonyl (C=O) groups excluding carboxylic acids is 1. The summed E-state index contributed by atoms with van der Waals surface area (Å²) in [5.41, 5.74) is -2.85. The molecule has 1 unspecified atom stereocenters. The zero-order valence-electron chi connectivity index (χ0n) is 12.0. The first-order chi connectivity index (χ1) is 10.8. The highest BCUT2D eigenvalue weighted by molar-refractivity contribution is 5.98. The van der Waals surface area contributed by atoms with Crippen LogP contribution in [-0.4, -0.2) is 34.9 Å². The summed E-state index contributed by atoms with van der Waals surface area (Å²) in [6.45, 7) is 1.01. The van der Waals surface area contributed by atoms with Gasteiger partial charge in [-0.15, -0.1) is 0 Å². The smallest absolute Gasteiger partial charge is 0.335 e. The summed E-state index contributed by atoms with van der Waals surface area (Å²) in [6, 6.07) is 1.11. The third kappa shape index (κ3) is 3.40. The molecule has 132 valence electrons. The van der Waals surface area contributed by atoms with Crippen LogP contribution < -0.4 is 5.32 Å². The zero-order chi connectivity index (χ0) is 18.9. The molecule has 1 atom stereocenters. The monoisotopic (exact) mass is 355 g/mol. The lowest BCUT2D eigenvalue weighted by molar-refractivity contribution is -0.394. The topological polar surface area (TPSA) is 125 Å². The van der Waals surface area contributed by atoms with Crippen molar-refractivity contribution in [2.75, 3.05) is 12.4 Å². The maximum atomic E-state index is 13.7. The molecule has 0 aliphatic carbocycles. The van der Waals surface area contributed by atoms with Crippen molar-refractivity contribution in [1.29, 1.82) is 0 Å². The van der Waals surface area contributed by atoms with E-state index >= 15 is 0 Å². The Kier molecular flexibility index (Phi) is 5.08. The van der Waals surface area contributed by atoms with Crippen molar-refractivity contribution in [2.45, 2.75) is 19.0 Å². The summed E-state index contributed by atoms with van der Waals surface area (Å²) in [5, 5.41) is 23.0. The van der Waals surface area contributed by atoms with Gasteiger partial charge in [0.1, 0.15) is 0 Å². The van der Waals surface area contributed by atoms with E-state index in [9.17, 15) is 42.6 Å². The number of alkyl halides is 4. The molecule has 1 N–H and O–H groups in total. The third-order valence-electron chi connectivity index (χ3n) is 2.96. The first kappa shape index (κ1) is 19.2. The van der Waals surface area contributed by atoms with Crippen molar-refractivity contribution in [2.24, 2.45) is 0 Å². The molecule has 0 aromatic heterocycles. The number of carbonyl (C=O) groups is 1. The van der Waals surface area contributed by atoms with E-state index in [4.69, 9.17) is 0 Å². The zero-order valence-corrected chi connectivity index (χ0v) is 12.0. The fraction of sp³-hybridized carbons (Fsp3) is 0.364. The molecule has 1 amide bonds. The van der Waals surface area contributed by atoms with E-state index < -0.39 is 50.4 Å². The van der Waals surface area contributed by atoms with E-state index in [1.165, 1.54) is 5.32 Å². The summed E-state index contributed by atoms with van der Waals surface area (Å²) in [4.78, 5) is 31.0. The second-order valence-electron chi connectivity index (χ2n) is 4.40. The van der Waals surface area contributed by atoms with Gasteiger partial charge in [0.15, 0.2) is 0 Å². The van der Waals surface area contributed by atoms with E-state index in [-0.39, 0.29) is 7.11 Å². The number of rotatable bonds is 5. The van der Waals surface area contributed by atoms with E-state index in [1.54, 1.807) is 0 Å². The highest BCUT2D eigenvalue weighted by Gasteiger charge is 2.63. The largest absolute Gasteiger partial charge is 0.458 e. The number of anilines is 1. The summed E-state index contributed by atoms with van der Waals surface area (Å²) >= 11 is 0. The van der Waals surface area contributed by atoms with Crippen LogP contribution in [0.4, 0.5) is 34.6 Å². The molecular weight excluding hydrogens is 346 g/mol. The van der Waals surface area contributed by atoms with Gasteiger partial charge in [-0.3, -0.25) is 25.0 Å². The molecule has 0 saturated heterocycles. The second kappa shape index (κ2) is 6.35. The van der Waals surface area contributed by atoms with Gasteiger partial charge in [-0.25, -0.2) is 0 Å². The van der Waals surface area contributed by atoms with Crippen LogP contribution in [0, 0.1) is 27.2 Å². The molecular formula is C11H9F4N3O6. The van der Waals surface area contributed by atoms with Crippen molar-refractivity contribution in [1.82, 2.24) is 0 Å². The quantitative estimate of drug-likeness (QED) is 0.492. The van der Waals surface area contributed by atoms with Gasteiger partial charge in [0.05, 0.1) is 27.2 Å². The molecule has 1 rings (SSSR count). The highest BCUT2D eigenvalue weighted by atomic mass is 19.4. The normalized spacial score (nSPS) is 13.9. The Balaban J connectivity index is 3.40. The highest BCUT2D eigenvalue weighted by Crippen LogP contribution is 2.37. The molecule has 0 aliphatic rings. The van der Waals surface area contributed by atoms with Gasteiger partial charge in [0.2, 0.25) is 0 Å². The molecule has 1 aromatic carbocycles. The molecule has 0 fully saturated rings. The number of halogens is 4. The number of nitrogens with one attached hydrogen (secondary N) is 1. The standard InChI is InChI=1S/C11H9F4N3O6/c1-5-7(3-6(17(20)21)4-8(5)18(22)23)16-9(19)10(12,24-2)11(13,14)15/h3-4H,1-2H3,(H,16,19). The molecule has 0 heterocycles. The molecule has 0 saturated carbocycles. The van der Waals surface area contributed by atoms with Crippen LogP contribution in [0.15, 0.2) is 12.1 Å². The minimum absolute atomic E-state index is 0.288. The van der Waals surface area contributed by atoms with Gasteiger partial charge >= 0.3 is 12.0 Å². The fourth-order valence-corrected chi connectivity index (χ4v) is 1.65. The number of nitrogens with zero attached hydrogens (tertiary/aromatic N) is 2. The average molecular weight is 355 g/mol. The summed E-state index contributed by atoms with van der Waals surface area (Å²) in [7, 11) is 0.288. The van der Waals surface area contributed by atoms with Crippen molar-refractivity contribution in [3.05, 3.63) is 37.9 Å². The maximum Gasteiger partial charge on any atom is 0.458 e. The Hall–Kier alpha value is -2.83. The Morgan fingerprint density at radius 1 is 1.17 bits per heavy atom. The Labute approximate surface area is 130 Å². The number of nitro benzene ring substituents is 2. The van der Waals surface area contributed by atoms with E-state index in [1.807, 2.05) is 0 Å². The van der Waals surface area contributed by atoms with Gasteiger partial charge in [-0.2, -0.15) is 17.6 Å². The van der Waals surface area contributed by atoms with Crippen LogP contribution in [0.5, 0.6) is 0 Å². The fourth-order valence-electron chi connectivity index (χ4n) is 1.65. The van der Waals surface area contributed by atoms with Crippen LogP contribution in [0.3, 0.4) is 0 Å². The van der Waals surface area contributed by atoms with Crippen LogP contribution in [0.1, 0.15) is 5.56 Å².